The number of rotatable bonds is 6. The van der Waals surface area contributed by atoms with Crippen molar-refractivity contribution < 1.29 is 9.90 Å². The Morgan fingerprint density at radius 2 is 1.69 bits per heavy atom. The Kier molecular flexibility index (Phi) is 6.40. The predicted molar refractivity (Wildman–Crippen MR) is 117 cm³/mol. The molecule has 1 fully saturated rings. The first kappa shape index (κ1) is 21.1. The number of hydrogen-bond acceptors (Lipinski definition) is 5. The highest BCUT2D eigenvalue weighted by molar-refractivity contribution is 5.70. The first-order valence-electron chi connectivity index (χ1n) is 10.5. The summed E-state index contributed by atoms with van der Waals surface area (Å²) in [6.07, 6.45) is 1.30. The van der Waals surface area contributed by atoms with E-state index in [1.165, 1.54) is 11.1 Å². The third-order valence-electron chi connectivity index (χ3n) is 5.62. The van der Waals surface area contributed by atoms with Crippen LogP contribution in [0.15, 0.2) is 24.3 Å². The summed E-state index contributed by atoms with van der Waals surface area (Å²) in [5, 5.41) is 12.7. The van der Waals surface area contributed by atoms with E-state index >= 15 is 0 Å². The topological polar surface area (TPSA) is 78.4 Å². The molecule has 0 aliphatic carbocycles. The summed E-state index contributed by atoms with van der Waals surface area (Å²) in [7, 11) is 0. The highest BCUT2D eigenvalue weighted by Crippen LogP contribution is 2.34. The second-order valence-corrected chi connectivity index (χ2v) is 8.54. The van der Waals surface area contributed by atoms with Crippen LogP contribution >= 0.6 is 0 Å². The lowest BCUT2D eigenvalue weighted by Gasteiger charge is -2.31. The zero-order chi connectivity index (χ0) is 21.1. The van der Waals surface area contributed by atoms with Crippen LogP contribution in [0.4, 0.5) is 17.5 Å². The van der Waals surface area contributed by atoms with Gasteiger partial charge in [-0.1, -0.05) is 45.9 Å². The number of carboxylic acid groups (broad SMARTS) is 1. The van der Waals surface area contributed by atoms with Crippen LogP contribution in [-0.4, -0.2) is 34.1 Å². The Hall–Kier alpha value is -2.63. The van der Waals surface area contributed by atoms with Gasteiger partial charge in [0.2, 0.25) is 5.95 Å². The molecule has 3 rings (SSSR count). The minimum atomic E-state index is -0.697. The van der Waals surface area contributed by atoms with Gasteiger partial charge in [-0.3, -0.25) is 4.79 Å². The summed E-state index contributed by atoms with van der Waals surface area (Å²) in [6, 6.07) is 8.41. The van der Waals surface area contributed by atoms with Crippen molar-refractivity contribution in [3.05, 3.63) is 41.1 Å². The van der Waals surface area contributed by atoms with Gasteiger partial charge in [-0.15, -0.1) is 0 Å². The molecule has 0 atom stereocenters. The molecule has 1 aliphatic heterocycles. The molecule has 6 nitrogen and oxygen atoms in total. The van der Waals surface area contributed by atoms with Crippen LogP contribution in [0.3, 0.4) is 0 Å². The van der Waals surface area contributed by atoms with E-state index in [2.05, 4.69) is 61.1 Å². The Bertz CT molecular complexity index is 845. The molecular formula is C23H32N4O2. The fourth-order valence-electron chi connectivity index (χ4n) is 3.93. The van der Waals surface area contributed by atoms with E-state index in [4.69, 9.17) is 4.98 Å². The number of piperidine rings is 1. The molecule has 0 bridgehead atoms. The van der Waals surface area contributed by atoms with Crippen molar-refractivity contribution in [2.24, 2.45) is 5.92 Å². The highest BCUT2D eigenvalue weighted by atomic mass is 16.4. The molecule has 1 aromatic carbocycles. The van der Waals surface area contributed by atoms with Crippen LogP contribution in [0.2, 0.25) is 0 Å². The van der Waals surface area contributed by atoms with Gasteiger partial charge in [-0.2, -0.15) is 4.98 Å². The van der Waals surface area contributed by atoms with Crippen molar-refractivity contribution in [3.8, 4) is 0 Å². The molecule has 6 heteroatoms. The minimum absolute atomic E-state index is 0.252. The van der Waals surface area contributed by atoms with Crippen LogP contribution in [0, 0.1) is 12.8 Å². The SMILES string of the molecule is Cc1cc(N2CCC(C(=O)O)CC2)nc(Nc2c(C(C)C)cccc2C(C)C)n1. The van der Waals surface area contributed by atoms with Gasteiger partial charge < -0.3 is 15.3 Å². The van der Waals surface area contributed by atoms with E-state index in [1.807, 2.05) is 13.0 Å². The van der Waals surface area contributed by atoms with Crippen molar-refractivity contribution in [1.29, 1.82) is 0 Å². The number of nitrogens with zero attached hydrogens (tertiary/aromatic N) is 3. The van der Waals surface area contributed by atoms with Gasteiger partial charge in [0.05, 0.1) is 5.92 Å². The van der Waals surface area contributed by atoms with Crippen molar-refractivity contribution in [2.45, 2.75) is 59.3 Å². The first-order valence-corrected chi connectivity index (χ1v) is 10.5. The van der Waals surface area contributed by atoms with Crippen LogP contribution in [0.1, 0.15) is 69.2 Å². The summed E-state index contributed by atoms with van der Waals surface area (Å²) in [6.45, 7) is 12.1. The van der Waals surface area contributed by atoms with E-state index in [0.29, 0.717) is 43.7 Å². The summed E-state index contributed by atoms with van der Waals surface area (Å²) < 4.78 is 0. The molecule has 0 saturated carbocycles. The number of nitrogens with one attached hydrogen (secondary N) is 1. The average molecular weight is 397 g/mol. The Morgan fingerprint density at radius 1 is 1.10 bits per heavy atom. The monoisotopic (exact) mass is 396 g/mol. The van der Waals surface area contributed by atoms with Crippen molar-refractivity contribution in [1.82, 2.24) is 9.97 Å². The maximum Gasteiger partial charge on any atom is 0.306 e. The van der Waals surface area contributed by atoms with Gasteiger partial charge >= 0.3 is 5.97 Å². The van der Waals surface area contributed by atoms with Crippen LogP contribution in [-0.2, 0) is 4.79 Å². The lowest BCUT2D eigenvalue weighted by molar-refractivity contribution is -0.142. The number of benzene rings is 1. The summed E-state index contributed by atoms with van der Waals surface area (Å²) >= 11 is 0. The molecule has 0 amide bonds. The molecule has 0 spiro atoms. The number of carboxylic acids is 1. The Morgan fingerprint density at radius 3 is 2.21 bits per heavy atom. The summed E-state index contributed by atoms with van der Waals surface area (Å²) in [5.41, 5.74) is 4.50. The molecule has 1 saturated heterocycles. The quantitative estimate of drug-likeness (QED) is 0.709. The standard InChI is InChI=1S/C23H32N4O2/c1-14(2)18-7-6-8-19(15(3)4)21(18)26-23-24-16(5)13-20(25-23)27-11-9-17(10-12-27)22(28)29/h6-8,13-15,17H,9-12H2,1-5H3,(H,28,29)(H,24,25,26). The smallest absolute Gasteiger partial charge is 0.306 e. The highest BCUT2D eigenvalue weighted by Gasteiger charge is 2.25. The largest absolute Gasteiger partial charge is 0.481 e. The second-order valence-electron chi connectivity index (χ2n) is 8.54. The molecule has 1 aromatic heterocycles. The van der Waals surface area contributed by atoms with E-state index in [-0.39, 0.29) is 5.92 Å². The normalized spacial score (nSPS) is 15.2. The number of aryl methyl sites for hydroxylation is 1. The van der Waals surface area contributed by atoms with E-state index in [0.717, 1.165) is 17.2 Å². The number of aromatic nitrogens is 2. The second kappa shape index (κ2) is 8.80. The molecular weight excluding hydrogens is 364 g/mol. The van der Waals surface area contributed by atoms with E-state index in [9.17, 15) is 9.90 Å². The molecule has 29 heavy (non-hydrogen) atoms. The van der Waals surface area contributed by atoms with Gasteiger partial charge in [0, 0.05) is 30.5 Å². The van der Waals surface area contributed by atoms with Gasteiger partial charge in [0.1, 0.15) is 5.82 Å². The van der Waals surface area contributed by atoms with E-state index in [1.54, 1.807) is 0 Å². The van der Waals surface area contributed by atoms with Crippen molar-refractivity contribution in [2.75, 3.05) is 23.3 Å². The summed E-state index contributed by atoms with van der Waals surface area (Å²) in [4.78, 5) is 22.8. The van der Waals surface area contributed by atoms with Crippen LogP contribution in [0.5, 0.6) is 0 Å². The number of carbonyl (C=O) groups is 1. The van der Waals surface area contributed by atoms with Crippen molar-refractivity contribution in [3.63, 3.8) is 0 Å². The number of para-hydroxylation sites is 1. The van der Waals surface area contributed by atoms with Gasteiger partial charge in [0.25, 0.3) is 0 Å². The minimum Gasteiger partial charge on any atom is -0.481 e. The average Bonchev–Trinajstić information content (AvgIpc) is 2.67. The summed E-state index contributed by atoms with van der Waals surface area (Å²) in [5.74, 6) is 1.27. The Balaban J connectivity index is 1.89. The van der Waals surface area contributed by atoms with Crippen molar-refractivity contribution >= 4 is 23.4 Å². The lowest BCUT2D eigenvalue weighted by atomic mass is 9.93. The third kappa shape index (κ3) is 4.86. The van der Waals surface area contributed by atoms with E-state index < -0.39 is 5.97 Å². The Labute approximate surface area is 173 Å². The molecule has 2 heterocycles. The first-order chi connectivity index (χ1) is 13.8. The third-order valence-corrected chi connectivity index (χ3v) is 5.62. The fourth-order valence-corrected chi connectivity index (χ4v) is 3.93. The van der Waals surface area contributed by atoms with Gasteiger partial charge in [-0.05, 0) is 42.7 Å². The molecule has 1 aliphatic rings. The van der Waals surface area contributed by atoms with Gasteiger partial charge in [0.15, 0.2) is 0 Å². The molecule has 156 valence electrons. The van der Waals surface area contributed by atoms with Gasteiger partial charge in [-0.25, -0.2) is 4.98 Å². The maximum absolute atomic E-state index is 11.2. The fraction of sp³-hybridized carbons (Fsp3) is 0.522. The molecule has 2 N–H and O–H groups in total. The van der Waals surface area contributed by atoms with Crippen LogP contribution in [0.25, 0.3) is 0 Å². The number of anilines is 3. The molecule has 2 aromatic rings. The zero-order valence-corrected chi connectivity index (χ0v) is 18.1. The predicted octanol–water partition coefficient (Wildman–Crippen LogP) is 5.08. The number of hydrogen-bond donors (Lipinski definition) is 2. The number of aliphatic carboxylic acids is 1. The lowest BCUT2D eigenvalue weighted by Crippen LogP contribution is -2.36. The zero-order valence-electron chi connectivity index (χ0n) is 18.1. The maximum atomic E-state index is 11.2. The molecule has 0 unspecified atom stereocenters. The van der Waals surface area contributed by atoms with Crippen LogP contribution < -0.4 is 10.2 Å². The molecule has 0 radical (unpaired) electrons.